The number of piperazine rings is 1. The van der Waals surface area contributed by atoms with Crippen molar-refractivity contribution in [1.82, 2.24) is 9.80 Å². The molecule has 2 aromatic rings. The molecule has 0 radical (unpaired) electrons. The molecule has 9 nitrogen and oxygen atoms in total. The van der Waals surface area contributed by atoms with Crippen molar-refractivity contribution in [3.63, 3.8) is 0 Å². The molecule has 0 spiro atoms. The SMILES string of the molecule is CCOC(=O)C1=C(c2ccc(OCCOc3cccc(Cl)c3Cl)cc2)CC2CN(C(C)=O)CC1N2C(=O)OC(C)(C)C(Cl)(Cl)Cl. The first-order valence-electron chi connectivity index (χ1n) is 14.2. The van der Waals surface area contributed by atoms with Gasteiger partial charge in [-0.05, 0) is 62.6 Å². The van der Waals surface area contributed by atoms with Gasteiger partial charge in [0.15, 0.2) is 5.60 Å². The second-order valence-corrected chi connectivity index (χ2v) is 14.0. The molecule has 2 aromatic carbocycles. The Kier molecular flexibility index (Phi) is 11.3. The van der Waals surface area contributed by atoms with E-state index in [4.69, 9.17) is 77.0 Å². The molecule has 0 N–H and O–H groups in total. The number of hydrogen-bond donors (Lipinski definition) is 0. The van der Waals surface area contributed by atoms with Gasteiger partial charge in [0, 0.05) is 20.0 Å². The Hall–Kier alpha value is -2.56. The topological polar surface area (TPSA) is 94.6 Å². The number of nitrogens with zero attached hydrogens (tertiary/aromatic N) is 2. The normalized spacial score (nSPS) is 18.4. The van der Waals surface area contributed by atoms with Crippen molar-refractivity contribution in [2.75, 3.05) is 32.9 Å². The highest BCUT2D eigenvalue weighted by Gasteiger charge is 2.51. The van der Waals surface area contributed by atoms with Crippen LogP contribution < -0.4 is 9.47 Å². The van der Waals surface area contributed by atoms with E-state index in [0.29, 0.717) is 27.1 Å². The largest absolute Gasteiger partial charge is 0.490 e. The Morgan fingerprint density at radius 3 is 2.24 bits per heavy atom. The molecule has 2 bridgehead atoms. The molecule has 1 saturated heterocycles. The van der Waals surface area contributed by atoms with Crippen molar-refractivity contribution in [3.05, 3.63) is 63.6 Å². The highest BCUT2D eigenvalue weighted by atomic mass is 35.6. The van der Waals surface area contributed by atoms with Gasteiger partial charge in [0.1, 0.15) is 29.7 Å². The lowest BCUT2D eigenvalue weighted by atomic mass is 9.82. The van der Waals surface area contributed by atoms with Gasteiger partial charge in [0.05, 0.1) is 29.3 Å². The number of fused-ring (bicyclic) bond motifs is 2. The molecular formula is C31H33Cl5N2O7. The highest BCUT2D eigenvalue weighted by molar-refractivity contribution is 6.68. The smallest absolute Gasteiger partial charge is 0.411 e. The first kappa shape index (κ1) is 35.3. The average Bonchev–Trinajstić information content (AvgIpc) is 2.96. The molecule has 2 atom stereocenters. The Labute approximate surface area is 287 Å². The van der Waals surface area contributed by atoms with Crippen molar-refractivity contribution >= 4 is 81.5 Å². The van der Waals surface area contributed by atoms with Gasteiger partial charge >= 0.3 is 12.1 Å². The van der Waals surface area contributed by atoms with Gasteiger partial charge < -0.3 is 23.8 Å². The third-order valence-corrected chi connectivity index (χ3v) is 9.72. The van der Waals surface area contributed by atoms with Crippen molar-refractivity contribution in [3.8, 4) is 11.5 Å². The summed E-state index contributed by atoms with van der Waals surface area (Å²) in [6.45, 7) is 6.97. The van der Waals surface area contributed by atoms with Crippen molar-refractivity contribution in [2.24, 2.45) is 0 Å². The van der Waals surface area contributed by atoms with Gasteiger partial charge in [-0.25, -0.2) is 9.59 Å². The Morgan fingerprint density at radius 2 is 1.62 bits per heavy atom. The number of amides is 2. The van der Waals surface area contributed by atoms with Crippen LogP contribution in [-0.4, -0.2) is 82.2 Å². The zero-order chi connectivity index (χ0) is 33.1. The minimum absolute atomic E-state index is 0.0601. The minimum atomic E-state index is -1.91. The molecule has 244 valence electrons. The molecular weight excluding hydrogens is 690 g/mol. The van der Waals surface area contributed by atoms with Crippen molar-refractivity contribution in [2.45, 2.75) is 55.6 Å². The third-order valence-electron chi connectivity index (χ3n) is 7.56. The minimum Gasteiger partial charge on any atom is -0.490 e. The third kappa shape index (κ3) is 8.06. The molecule has 14 heteroatoms. The van der Waals surface area contributed by atoms with Crippen LogP contribution in [0.5, 0.6) is 11.5 Å². The number of carbonyl (C=O) groups is 3. The lowest BCUT2D eigenvalue weighted by molar-refractivity contribution is -0.142. The summed E-state index contributed by atoms with van der Waals surface area (Å²) in [4.78, 5) is 42.6. The molecule has 4 rings (SSSR count). The standard InChI is InChI=1S/C31H33Cl5N2O7/c1-5-42-28(40)26-22(19-9-11-21(12-10-19)43-13-14-44-25-8-6-7-23(32)27(25)33)15-20-16-37(18(2)39)17-24(26)38(20)29(41)45-30(3,4)31(34,35)36/h6-12,20,24H,5,13-17H2,1-4H3. The molecule has 2 unspecified atom stereocenters. The summed E-state index contributed by atoms with van der Waals surface area (Å²) in [5.74, 6) is 0.253. The van der Waals surface area contributed by atoms with Gasteiger partial charge in [-0.3, -0.25) is 9.69 Å². The zero-order valence-electron chi connectivity index (χ0n) is 25.1. The van der Waals surface area contributed by atoms with Crippen molar-refractivity contribution in [1.29, 1.82) is 0 Å². The first-order valence-corrected chi connectivity index (χ1v) is 16.1. The van der Waals surface area contributed by atoms with Crippen LogP contribution in [0, 0.1) is 0 Å². The van der Waals surface area contributed by atoms with E-state index in [1.807, 2.05) is 12.1 Å². The van der Waals surface area contributed by atoms with Gasteiger partial charge in [-0.1, -0.05) is 76.2 Å². The lowest BCUT2D eigenvalue weighted by Gasteiger charge is -2.50. The fraction of sp³-hybridized carbons (Fsp3) is 0.452. The maximum atomic E-state index is 13.6. The van der Waals surface area contributed by atoms with Crippen LogP contribution in [0.2, 0.25) is 10.0 Å². The lowest BCUT2D eigenvalue weighted by Crippen LogP contribution is -2.65. The number of alkyl halides is 3. The summed E-state index contributed by atoms with van der Waals surface area (Å²) in [5.41, 5.74) is 0.205. The number of ether oxygens (including phenoxy) is 4. The molecule has 0 aromatic heterocycles. The maximum Gasteiger partial charge on any atom is 0.411 e. The number of carbonyl (C=O) groups excluding carboxylic acids is 3. The summed E-state index contributed by atoms with van der Waals surface area (Å²) in [7, 11) is 0. The number of benzene rings is 2. The highest BCUT2D eigenvalue weighted by Crippen LogP contribution is 2.43. The number of esters is 1. The molecule has 2 amide bonds. The summed E-state index contributed by atoms with van der Waals surface area (Å²) in [5, 5.41) is 0.730. The molecule has 2 heterocycles. The molecule has 45 heavy (non-hydrogen) atoms. The van der Waals surface area contributed by atoms with Gasteiger partial charge in [-0.15, -0.1) is 0 Å². The van der Waals surface area contributed by atoms with E-state index in [1.165, 1.54) is 25.7 Å². The number of rotatable bonds is 9. The zero-order valence-corrected chi connectivity index (χ0v) is 28.9. The molecule has 0 aliphatic carbocycles. The van der Waals surface area contributed by atoms with E-state index < -0.39 is 33.5 Å². The van der Waals surface area contributed by atoms with E-state index in [2.05, 4.69) is 0 Å². The maximum absolute atomic E-state index is 13.6. The van der Waals surface area contributed by atoms with Crippen LogP contribution in [0.25, 0.3) is 5.57 Å². The second kappa shape index (κ2) is 14.5. The monoisotopic (exact) mass is 720 g/mol. The van der Waals surface area contributed by atoms with Gasteiger partial charge in [-0.2, -0.15) is 0 Å². The van der Waals surface area contributed by atoms with Gasteiger partial charge in [0.25, 0.3) is 0 Å². The summed E-state index contributed by atoms with van der Waals surface area (Å²) >= 11 is 30.4. The summed E-state index contributed by atoms with van der Waals surface area (Å²) < 4.78 is 20.7. The summed E-state index contributed by atoms with van der Waals surface area (Å²) in [6, 6.07) is 11.0. The van der Waals surface area contributed by atoms with Crippen LogP contribution in [0.4, 0.5) is 4.79 Å². The second-order valence-electron chi connectivity index (χ2n) is 11.0. The van der Waals surface area contributed by atoms with Gasteiger partial charge in [0.2, 0.25) is 9.70 Å². The quantitative estimate of drug-likeness (QED) is 0.152. The Balaban J connectivity index is 1.59. The van der Waals surface area contributed by atoms with Crippen LogP contribution in [0.1, 0.15) is 39.7 Å². The number of halogens is 5. The van der Waals surface area contributed by atoms with E-state index >= 15 is 0 Å². The van der Waals surface area contributed by atoms with E-state index in [9.17, 15) is 14.4 Å². The van der Waals surface area contributed by atoms with E-state index in [1.54, 1.807) is 42.2 Å². The molecule has 2 aliphatic rings. The fourth-order valence-corrected chi connectivity index (χ4v) is 5.63. The predicted molar refractivity (Wildman–Crippen MR) is 175 cm³/mol. The molecule has 1 fully saturated rings. The number of hydrogen-bond acceptors (Lipinski definition) is 7. The first-order chi connectivity index (χ1) is 21.1. The molecule has 2 aliphatic heterocycles. The van der Waals surface area contributed by atoms with Crippen LogP contribution in [-0.2, 0) is 19.1 Å². The van der Waals surface area contributed by atoms with Crippen LogP contribution in [0.15, 0.2) is 48.0 Å². The Morgan fingerprint density at radius 1 is 0.956 bits per heavy atom. The summed E-state index contributed by atoms with van der Waals surface area (Å²) in [6.07, 6.45) is -0.526. The Bertz CT molecular complexity index is 1460. The van der Waals surface area contributed by atoms with Crippen molar-refractivity contribution < 1.29 is 33.3 Å². The van der Waals surface area contributed by atoms with E-state index in [0.717, 1.165) is 5.56 Å². The average molecular weight is 723 g/mol. The molecule has 0 saturated carbocycles. The predicted octanol–water partition coefficient (Wildman–Crippen LogP) is 7.36. The fourth-order valence-electron chi connectivity index (χ4n) is 5.17. The van der Waals surface area contributed by atoms with Crippen LogP contribution >= 0.6 is 58.0 Å². The van der Waals surface area contributed by atoms with E-state index in [-0.39, 0.29) is 50.8 Å². The van der Waals surface area contributed by atoms with Crippen LogP contribution in [0.3, 0.4) is 0 Å².